The van der Waals surface area contributed by atoms with Crippen LogP contribution in [0, 0.1) is 0 Å². The van der Waals surface area contributed by atoms with Crippen molar-refractivity contribution in [3.63, 3.8) is 0 Å². The Morgan fingerprint density at radius 2 is 1.50 bits per heavy atom. The highest BCUT2D eigenvalue weighted by Crippen LogP contribution is 2.21. The van der Waals surface area contributed by atoms with Crippen LogP contribution in [0.3, 0.4) is 0 Å². The third-order valence-electron chi connectivity index (χ3n) is 4.98. The van der Waals surface area contributed by atoms with Crippen LogP contribution >= 0.6 is 0 Å². The first kappa shape index (κ1) is 18.1. The molecule has 1 aliphatic heterocycles. The number of carbonyl (C=O) groups excluding carboxylic acids is 1. The number of amides is 1. The molecule has 1 aliphatic rings. The van der Waals surface area contributed by atoms with E-state index in [1.807, 2.05) is 47.4 Å². The lowest BCUT2D eigenvalue weighted by Crippen LogP contribution is -2.57. The summed E-state index contributed by atoms with van der Waals surface area (Å²) in [5, 5.41) is 9.01. The van der Waals surface area contributed by atoms with Gasteiger partial charge in [-0.2, -0.15) is 0 Å². The zero-order chi connectivity index (χ0) is 18.7. The van der Waals surface area contributed by atoms with Gasteiger partial charge in [-0.3, -0.25) is 9.69 Å². The maximum atomic E-state index is 12.7. The van der Waals surface area contributed by atoms with Gasteiger partial charge in [0.15, 0.2) is 0 Å². The Bertz CT molecular complexity index is 762. The Morgan fingerprint density at radius 1 is 0.923 bits per heavy atom. The standard InChI is InChI=1S/C21H24N2O3/c1-15-12-22(20(24)18-6-4-3-5-7-18)13-16(2)23(15)14-17-8-10-19(11-9-17)21(25)26/h3-11,15-16H,12-14H2,1-2H3,(H,25,26)/t15-,16+. The van der Waals surface area contributed by atoms with Crippen LogP contribution in [-0.4, -0.2) is 52.0 Å². The molecule has 0 saturated carbocycles. The number of benzene rings is 2. The number of aromatic carboxylic acids is 1. The average molecular weight is 352 g/mol. The minimum Gasteiger partial charge on any atom is -0.478 e. The van der Waals surface area contributed by atoms with E-state index in [0.717, 1.165) is 17.7 Å². The summed E-state index contributed by atoms with van der Waals surface area (Å²) >= 11 is 0. The fourth-order valence-corrected chi connectivity index (χ4v) is 3.56. The van der Waals surface area contributed by atoms with Gasteiger partial charge in [0.25, 0.3) is 5.91 Å². The molecule has 5 heteroatoms. The number of rotatable bonds is 4. The lowest BCUT2D eigenvalue weighted by Gasteiger charge is -2.44. The summed E-state index contributed by atoms with van der Waals surface area (Å²) < 4.78 is 0. The second kappa shape index (κ2) is 7.70. The van der Waals surface area contributed by atoms with Crippen LogP contribution < -0.4 is 0 Å². The van der Waals surface area contributed by atoms with E-state index in [1.165, 1.54) is 0 Å². The zero-order valence-electron chi connectivity index (χ0n) is 15.1. The second-order valence-corrected chi connectivity index (χ2v) is 6.95. The van der Waals surface area contributed by atoms with Crippen molar-refractivity contribution in [3.8, 4) is 0 Å². The third-order valence-corrected chi connectivity index (χ3v) is 4.98. The summed E-state index contributed by atoms with van der Waals surface area (Å²) in [6.45, 7) is 6.38. The zero-order valence-corrected chi connectivity index (χ0v) is 15.1. The summed E-state index contributed by atoms with van der Waals surface area (Å²) in [6, 6.07) is 16.9. The third kappa shape index (κ3) is 3.94. The van der Waals surface area contributed by atoms with E-state index in [0.29, 0.717) is 18.7 Å². The van der Waals surface area contributed by atoms with Crippen LogP contribution in [0.5, 0.6) is 0 Å². The Kier molecular flexibility index (Phi) is 5.38. The van der Waals surface area contributed by atoms with Gasteiger partial charge in [0.05, 0.1) is 5.56 Å². The van der Waals surface area contributed by atoms with Crippen molar-refractivity contribution in [2.24, 2.45) is 0 Å². The quantitative estimate of drug-likeness (QED) is 0.918. The van der Waals surface area contributed by atoms with Crippen LogP contribution in [0.25, 0.3) is 0 Å². The number of nitrogens with zero attached hydrogens (tertiary/aromatic N) is 2. The molecule has 1 fully saturated rings. The number of hydrogen-bond acceptors (Lipinski definition) is 3. The minimum atomic E-state index is -0.911. The highest BCUT2D eigenvalue weighted by molar-refractivity contribution is 5.94. The smallest absolute Gasteiger partial charge is 0.335 e. The summed E-state index contributed by atoms with van der Waals surface area (Å²) in [5.41, 5.74) is 2.11. The predicted octanol–water partition coefficient (Wildman–Crippen LogP) is 3.12. The van der Waals surface area contributed by atoms with Crippen molar-refractivity contribution in [1.29, 1.82) is 0 Å². The Morgan fingerprint density at radius 3 is 2.04 bits per heavy atom. The highest BCUT2D eigenvalue weighted by atomic mass is 16.4. The topological polar surface area (TPSA) is 60.9 Å². The molecule has 2 aromatic carbocycles. The fraction of sp³-hybridized carbons (Fsp3) is 0.333. The normalized spacial score (nSPS) is 20.8. The van der Waals surface area contributed by atoms with E-state index >= 15 is 0 Å². The lowest BCUT2D eigenvalue weighted by atomic mass is 10.0. The van der Waals surface area contributed by atoms with E-state index in [2.05, 4.69) is 18.7 Å². The second-order valence-electron chi connectivity index (χ2n) is 6.95. The molecule has 1 amide bonds. The first-order chi connectivity index (χ1) is 12.5. The van der Waals surface area contributed by atoms with Crippen LogP contribution in [0.4, 0.5) is 0 Å². The molecule has 0 bridgehead atoms. The molecule has 136 valence electrons. The van der Waals surface area contributed by atoms with Gasteiger partial charge in [0, 0.05) is 37.3 Å². The van der Waals surface area contributed by atoms with Crippen molar-refractivity contribution in [3.05, 3.63) is 71.3 Å². The minimum absolute atomic E-state index is 0.0785. The van der Waals surface area contributed by atoms with Crippen LogP contribution in [-0.2, 0) is 6.54 Å². The van der Waals surface area contributed by atoms with E-state index in [4.69, 9.17) is 5.11 Å². The van der Waals surface area contributed by atoms with Crippen LogP contribution in [0.2, 0.25) is 0 Å². The largest absolute Gasteiger partial charge is 0.478 e. The van der Waals surface area contributed by atoms with Gasteiger partial charge in [0.1, 0.15) is 0 Å². The highest BCUT2D eigenvalue weighted by Gasteiger charge is 2.32. The van der Waals surface area contributed by atoms with E-state index < -0.39 is 5.97 Å². The van der Waals surface area contributed by atoms with Gasteiger partial charge in [0.2, 0.25) is 0 Å². The number of carboxylic acids is 1. The van der Waals surface area contributed by atoms with Gasteiger partial charge >= 0.3 is 5.97 Å². The molecule has 1 heterocycles. The molecular weight excluding hydrogens is 328 g/mol. The van der Waals surface area contributed by atoms with Gasteiger partial charge in [-0.1, -0.05) is 30.3 Å². The molecule has 2 atom stereocenters. The van der Waals surface area contributed by atoms with Gasteiger partial charge in [-0.25, -0.2) is 4.79 Å². The summed E-state index contributed by atoms with van der Waals surface area (Å²) in [7, 11) is 0. The molecule has 0 spiro atoms. The number of hydrogen-bond donors (Lipinski definition) is 1. The van der Waals surface area contributed by atoms with Crippen molar-refractivity contribution in [2.75, 3.05) is 13.1 Å². The van der Waals surface area contributed by atoms with Crippen molar-refractivity contribution < 1.29 is 14.7 Å². The Hall–Kier alpha value is -2.66. The van der Waals surface area contributed by atoms with E-state index in [-0.39, 0.29) is 18.0 Å². The molecule has 0 aliphatic carbocycles. The van der Waals surface area contributed by atoms with Gasteiger partial charge in [-0.15, -0.1) is 0 Å². The summed E-state index contributed by atoms with van der Waals surface area (Å²) in [6.07, 6.45) is 0. The SMILES string of the molecule is C[C@@H]1CN(C(=O)c2ccccc2)C[C@H](C)N1Cc1ccc(C(=O)O)cc1. The molecule has 0 aromatic heterocycles. The number of carbonyl (C=O) groups is 2. The molecule has 2 aromatic rings. The summed E-state index contributed by atoms with van der Waals surface area (Å²) in [4.78, 5) is 28.0. The molecule has 26 heavy (non-hydrogen) atoms. The maximum absolute atomic E-state index is 12.7. The lowest BCUT2D eigenvalue weighted by molar-refractivity contribution is 0.0269. The number of piperazine rings is 1. The van der Waals surface area contributed by atoms with Crippen LogP contribution in [0.1, 0.15) is 40.1 Å². The number of carboxylic acid groups (broad SMARTS) is 1. The van der Waals surface area contributed by atoms with Crippen molar-refractivity contribution in [2.45, 2.75) is 32.5 Å². The first-order valence-electron chi connectivity index (χ1n) is 8.88. The summed E-state index contributed by atoms with van der Waals surface area (Å²) in [5.74, 6) is -0.832. The molecular formula is C21H24N2O3. The molecule has 3 rings (SSSR count). The Balaban J connectivity index is 1.67. The average Bonchev–Trinajstić information content (AvgIpc) is 2.65. The maximum Gasteiger partial charge on any atom is 0.335 e. The van der Waals surface area contributed by atoms with Gasteiger partial charge < -0.3 is 10.0 Å². The predicted molar refractivity (Wildman–Crippen MR) is 100 cm³/mol. The van der Waals surface area contributed by atoms with Gasteiger partial charge in [-0.05, 0) is 43.7 Å². The molecule has 1 N–H and O–H groups in total. The van der Waals surface area contributed by atoms with E-state index in [1.54, 1.807) is 12.1 Å². The molecule has 1 saturated heterocycles. The molecule has 5 nitrogen and oxygen atoms in total. The monoisotopic (exact) mass is 352 g/mol. The Labute approximate surface area is 153 Å². The fourth-order valence-electron chi connectivity index (χ4n) is 3.56. The van der Waals surface area contributed by atoms with Crippen LogP contribution in [0.15, 0.2) is 54.6 Å². The van der Waals surface area contributed by atoms with E-state index in [9.17, 15) is 9.59 Å². The first-order valence-corrected chi connectivity index (χ1v) is 8.88. The van der Waals surface area contributed by atoms with Crippen molar-refractivity contribution in [1.82, 2.24) is 9.80 Å². The molecule has 0 radical (unpaired) electrons. The van der Waals surface area contributed by atoms with Crippen molar-refractivity contribution >= 4 is 11.9 Å². The molecule has 0 unspecified atom stereocenters.